The van der Waals surface area contributed by atoms with Gasteiger partial charge in [0.05, 0.1) is 16.6 Å². The second-order valence-electron chi connectivity index (χ2n) is 6.53. The van der Waals surface area contributed by atoms with Crippen molar-refractivity contribution in [1.82, 2.24) is 9.38 Å². The number of benzene rings is 2. The Labute approximate surface area is 145 Å². The van der Waals surface area contributed by atoms with Crippen LogP contribution in [0.1, 0.15) is 5.56 Å². The Morgan fingerprint density at radius 1 is 0.920 bits per heavy atom. The van der Waals surface area contributed by atoms with Gasteiger partial charge in [-0.05, 0) is 42.1 Å². The first-order valence-electron chi connectivity index (χ1n) is 8.48. The van der Waals surface area contributed by atoms with Crippen LogP contribution < -0.4 is 4.57 Å². The summed E-state index contributed by atoms with van der Waals surface area (Å²) in [6.07, 6.45) is 4.22. The van der Waals surface area contributed by atoms with Crippen LogP contribution in [0.25, 0.3) is 38.7 Å². The van der Waals surface area contributed by atoms with E-state index in [4.69, 9.17) is 4.98 Å². The number of imidazole rings is 1. The normalized spacial score (nSPS) is 11.6. The molecule has 3 heteroatoms. The SMILES string of the molecule is Cc1ccc2ccn3c4ccccc4nc3c2c1-c1cccc[n+]1C. The monoisotopic (exact) mass is 324 g/mol. The Bertz CT molecular complexity index is 1260. The highest BCUT2D eigenvalue weighted by atomic mass is 15.0. The van der Waals surface area contributed by atoms with Crippen molar-refractivity contribution >= 4 is 27.5 Å². The van der Waals surface area contributed by atoms with E-state index in [1.807, 2.05) is 6.07 Å². The van der Waals surface area contributed by atoms with Gasteiger partial charge in [-0.15, -0.1) is 0 Å². The molecule has 3 nitrogen and oxygen atoms in total. The van der Waals surface area contributed by atoms with Crippen LogP contribution in [-0.4, -0.2) is 9.38 Å². The fraction of sp³-hybridized carbons (Fsp3) is 0.0909. The highest BCUT2D eigenvalue weighted by Crippen LogP contribution is 2.34. The highest BCUT2D eigenvalue weighted by molar-refractivity contribution is 6.07. The average Bonchev–Trinajstić information content (AvgIpc) is 3.01. The third kappa shape index (κ3) is 1.99. The molecule has 0 fully saturated rings. The summed E-state index contributed by atoms with van der Waals surface area (Å²) in [5, 5.41) is 2.42. The summed E-state index contributed by atoms with van der Waals surface area (Å²) >= 11 is 0. The van der Waals surface area contributed by atoms with Crippen molar-refractivity contribution < 1.29 is 4.57 Å². The maximum absolute atomic E-state index is 4.95. The minimum Gasteiger partial charge on any atom is -0.299 e. The van der Waals surface area contributed by atoms with Crippen molar-refractivity contribution in [2.45, 2.75) is 6.92 Å². The summed E-state index contributed by atoms with van der Waals surface area (Å²) in [5.41, 5.74) is 6.90. The molecule has 0 N–H and O–H groups in total. The molecule has 5 aromatic rings. The zero-order valence-corrected chi connectivity index (χ0v) is 14.3. The number of para-hydroxylation sites is 2. The van der Waals surface area contributed by atoms with Crippen LogP contribution in [0.15, 0.2) is 73.1 Å². The average molecular weight is 324 g/mol. The molecule has 2 aromatic carbocycles. The van der Waals surface area contributed by atoms with E-state index >= 15 is 0 Å². The number of pyridine rings is 2. The summed E-state index contributed by atoms with van der Waals surface area (Å²) in [5.74, 6) is 0. The van der Waals surface area contributed by atoms with Gasteiger partial charge >= 0.3 is 0 Å². The van der Waals surface area contributed by atoms with Crippen LogP contribution >= 0.6 is 0 Å². The van der Waals surface area contributed by atoms with Crippen LogP contribution in [-0.2, 0) is 7.05 Å². The topological polar surface area (TPSA) is 21.2 Å². The summed E-state index contributed by atoms with van der Waals surface area (Å²) in [6, 6.07) is 21.2. The third-order valence-electron chi connectivity index (χ3n) is 4.98. The summed E-state index contributed by atoms with van der Waals surface area (Å²) < 4.78 is 4.37. The van der Waals surface area contributed by atoms with E-state index in [1.165, 1.54) is 27.6 Å². The fourth-order valence-corrected chi connectivity index (χ4v) is 3.74. The zero-order valence-electron chi connectivity index (χ0n) is 14.3. The molecule has 0 aliphatic carbocycles. The predicted octanol–water partition coefficient (Wildman–Crippen LogP) is 4.44. The largest absolute Gasteiger partial charge is 0.299 e. The number of aromatic nitrogens is 3. The lowest BCUT2D eigenvalue weighted by Gasteiger charge is -2.10. The molecule has 0 amide bonds. The van der Waals surface area contributed by atoms with E-state index in [9.17, 15) is 0 Å². The molecule has 0 aliphatic heterocycles. The van der Waals surface area contributed by atoms with Crippen LogP contribution in [0, 0.1) is 6.92 Å². The Balaban J connectivity index is 2.03. The summed E-state index contributed by atoms with van der Waals surface area (Å²) in [7, 11) is 2.09. The molecule has 3 heterocycles. The molecule has 0 saturated heterocycles. The minimum absolute atomic E-state index is 1.02. The van der Waals surface area contributed by atoms with Crippen molar-refractivity contribution in [1.29, 1.82) is 0 Å². The molecule has 0 spiro atoms. The molecule has 0 bridgehead atoms. The van der Waals surface area contributed by atoms with E-state index in [-0.39, 0.29) is 0 Å². The molecule has 120 valence electrons. The number of aryl methyl sites for hydroxylation is 2. The lowest BCUT2D eigenvalue weighted by Crippen LogP contribution is -2.30. The number of rotatable bonds is 1. The molecule has 0 atom stereocenters. The van der Waals surface area contributed by atoms with Crippen LogP contribution in [0.5, 0.6) is 0 Å². The summed E-state index contributed by atoms with van der Waals surface area (Å²) in [4.78, 5) is 4.95. The van der Waals surface area contributed by atoms with E-state index in [2.05, 4.69) is 89.9 Å². The second-order valence-corrected chi connectivity index (χ2v) is 6.53. The highest BCUT2D eigenvalue weighted by Gasteiger charge is 2.19. The summed E-state index contributed by atoms with van der Waals surface area (Å²) in [6.45, 7) is 2.17. The van der Waals surface area contributed by atoms with E-state index in [1.54, 1.807) is 0 Å². The Morgan fingerprint density at radius 3 is 2.64 bits per heavy atom. The molecule has 0 unspecified atom stereocenters. The number of nitrogens with zero attached hydrogens (tertiary/aromatic N) is 3. The van der Waals surface area contributed by atoms with Crippen LogP contribution in [0.4, 0.5) is 0 Å². The molecule has 5 rings (SSSR count). The smallest absolute Gasteiger partial charge is 0.213 e. The van der Waals surface area contributed by atoms with Gasteiger partial charge in [-0.1, -0.05) is 24.3 Å². The van der Waals surface area contributed by atoms with E-state index in [0.717, 1.165) is 16.7 Å². The molecule has 0 aliphatic rings. The standard InChI is InChI=1S/C22H18N3/c1-15-10-11-16-12-14-25-18-8-4-3-7-17(18)23-22(25)21(16)20(15)19-9-5-6-13-24(19)2/h3-14H,1-2H3/q+1. The molecule has 3 aromatic heterocycles. The number of hydrogen-bond donors (Lipinski definition) is 0. The minimum atomic E-state index is 1.02. The first-order valence-corrected chi connectivity index (χ1v) is 8.48. The maximum atomic E-state index is 4.95. The van der Waals surface area contributed by atoms with Gasteiger partial charge in [-0.25, -0.2) is 9.55 Å². The maximum Gasteiger partial charge on any atom is 0.213 e. The van der Waals surface area contributed by atoms with E-state index in [0.29, 0.717) is 0 Å². The molecule has 0 radical (unpaired) electrons. The van der Waals surface area contributed by atoms with Crippen molar-refractivity contribution in [2.75, 3.05) is 0 Å². The van der Waals surface area contributed by atoms with Gasteiger partial charge in [0.2, 0.25) is 5.69 Å². The number of hydrogen-bond acceptors (Lipinski definition) is 1. The second kappa shape index (κ2) is 5.15. The first kappa shape index (κ1) is 14.2. The lowest BCUT2D eigenvalue weighted by molar-refractivity contribution is -0.660. The van der Waals surface area contributed by atoms with Gasteiger partial charge in [-0.2, -0.15) is 0 Å². The van der Waals surface area contributed by atoms with Crippen LogP contribution in [0.2, 0.25) is 0 Å². The van der Waals surface area contributed by atoms with E-state index < -0.39 is 0 Å². The van der Waals surface area contributed by atoms with Crippen molar-refractivity contribution in [3.8, 4) is 11.3 Å². The van der Waals surface area contributed by atoms with Gasteiger partial charge in [0.25, 0.3) is 0 Å². The first-order chi connectivity index (χ1) is 12.2. The van der Waals surface area contributed by atoms with Crippen molar-refractivity contribution in [3.63, 3.8) is 0 Å². The van der Waals surface area contributed by atoms with Gasteiger partial charge in [0.15, 0.2) is 6.20 Å². The Hall–Kier alpha value is -3.20. The molecular weight excluding hydrogens is 306 g/mol. The fourth-order valence-electron chi connectivity index (χ4n) is 3.74. The van der Waals surface area contributed by atoms with Gasteiger partial charge in [0.1, 0.15) is 12.7 Å². The Morgan fingerprint density at radius 2 is 1.76 bits per heavy atom. The lowest BCUT2D eigenvalue weighted by atomic mass is 9.97. The van der Waals surface area contributed by atoms with Crippen LogP contribution in [0.3, 0.4) is 0 Å². The number of fused-ring (bicyclic) bond motifs is 5. The van der Waals surface area contributed by atoms with Gasteiger partial charge < -0.3 is 0 Å². The molecule has 0 saturated carbocycles. The molecular formula is C22H18N3+. The quantitative estimate of drug-likeness (QED) is 0.418. The zero-order chi connectivity index (χ0) is 17.0. The third-order valence-corrected chi connectivity index (χ3v) is 4.98. The Kier molecular flexibility index (Phi) is 2.92. The molecule has 25 heavy (non-hydrogen) atoms. The predicted molar refractivity (Wildman–Crippen MR) is 102 cm³/mol. The van der Waals surface area contributed by atoms with Gasteiger partial charge in [-0.3, -0.25) is 4.40 Å². The van der Waals surface area contributed by atoms with Crippen molar-refractivity contribution in [2.24, 2.45) is 7.05 Å². The van der Waals surface area contributed by atoms with Gasteiger partial charge in [0, 0.05) is 23.7 Å². The van der Waals surface area contributed by atoms with Crippen molar-refractivity contribution in [3.05, 3.63) is 78.6 Å².